The van der Waals surface area contributed by atoms with Crippen LogP contribution >= 0.6 is 0 Å². The maximum Gasteiger partial charge on any atom is 0.256 e. The molecule has 1 heterocycles. The zero-order chi connectivity index (χ0) is 13.9. The van der Waals surface area contributed by atoms with Crippen LogP contribution in [-0.2, 0) is 6.54 Å². The van der Waals surface area contributed by atoms with Gasteiger partial charge in [0.25, 0.3) is 5.91 Å². The van der Waals surface area contributed by atoms with Gasteiger partial charge in [-0.25, -0.2) is 0 Å². The highest BCUT2D eigenvalue weighted by atomic mass is 16.2. The molecule has 1 amide bonds. The maximum atomic E-state index is 12.6. The lowest BCUT2D eigenvalue weighted by Crippen LogP contribution is -2.26. The van der Waals surface area contributed by atoms with Crippen LogP contribution in [0.1, 0.15) is 15.9 Å². The lowest BCUT2D eigenvalue weighted by Gasteiger charge is -2.17. The van der Waals surface area contributed by atoms with Crippen molar-refractivity contribution in [3.63, 3.8) is 0 Å². The number of aromatic amines is 1. The van der Waals surface area contributed by atoms with E-state index in [0.29, 0.717) is 12.1 Å². The predicted octanol–water partition coefficient (Wildman–Crippen LogP) is 3.44. The van der Waals surface area contributed by atoms with Crippen LogP contribution in [-0.4, -0.2) is 22.8 Å². The highest BCUT2D eigenvalue weighted by Gasteiger charge is 2.15. The highest BCUT2D eigenvalue weighted by Crippen LogP contribution is 2.19. The molecule has 0 aliphatic heterocycles. The van der Waals surface area contributed by atoms with Crippen molar-refractivity contribution < 1.29 is 4.79 Å². The number of carbonyl (C=O) groups excluding carboxylic acids is 1. The van der Waals surface area contributed by atoms with E-state index in [-0.39, 0.29) is 5.91 Å². The van der Waals surface area contributed by atoms with Gasteiger partial charge in [-0.2, -0.15) is 0 Å². The summed E-state index contributed by atoms with van der Waals surface area (Å²) in [6.45, 7) is 0.608. The Morgan fingerprint density at radius 2 is 1.85 bits per heavy atom. The summed E-state index contributed by atoms with van der Waals surface area (Å²) >= 11 is 0. The first-order valence-corrected chi connectivity index (χ1v) is 6.61. The summed E-state index contributed by atoms with van der Waals surface area (Å²) in [7, 11) is 1.83. The molecule has 0 saturated heterocycles. The minimum atomic E-state index is 0.0295. The summed E-state index contributed by atoms with van der Waals surface area (Å²) < 4.78 is 0. The zero-order valence-electron chi connectivity index (χ0n) is 11.3. The Morgan fingerprint density at radius 3 is 2.65 bits per heavy atom. The second kappa shape index (κ2) is 5.21. The fourth-order valence-corrected chi connectivity index (χ4v) is 2.40. The first-order chi connectivity index (χ1) is 9.75. The van der Waals surface area contributed by atoms with Crippen molar-refractivity contribution in [2.45, 2.75) is 6.54 Å². The van der Waals surface area contributed by atoms with E-state index in [2.05, 4.69) is 4.98 Å². The van der Waals surface area contributed by atoms with E-state index in [1.54, 1.807) is 4.90 Å². The first-order valence-electron chi connectivity index (χ1n) is 6.61. The molecule has 0 bridgehead atoms. The summed E-state index contributed by atoms with van der Waals surface area (Å²) in [5, 5.41) is 1.06. The standard InChI is InChI=1S/C17H16N2O/c1-19(12-13-6-3-2-4-7-13)17(20)15-9-5-8-14-10-11-18-16(14)15/h2-11,18H,12H2,1H3. The Labute approximate surface area is 117 Å². The number of hydrogen-bond donors (Lipinski definition) is 1. The molecular formula is C17H16N2O. The van der Waals surface area contributed by atoms with Crippen molar-refractivity contribution in [2.75, 3.05) is 7.05 Å². The normalized spacial score (nSPS) is 10.7. The van der Waals surface area contributed by atoms with Gasteiger partial charge in [-0.3, -0.25) is 4.79 Å². The van der Waals surface area contributed by atoms with Crippen LogP contribution in [0.2, 0.25) is 0 Å². The van der Waals surface area contributed by atoms with Crippen molar-refractivity contribution in [3.05, 3.63) is 71.9 Å². The molecule has 2 aromatic carbocycles. The molecule has 0 atom stereocenters. The summed E-state index contributed by atoms with van der Waals surface area (Å²) in [5.74, 6) is 0.0295. The van der Waals surface area contributed by atoms with Crippen molar-refractivity contribution in [1.82, 2.24) is 9.88 Å². The molecule has 0 aliphatic rings. The fourth-order valence-electron chi connectivity index (χ4n) is 2.40. The monoisotopic (exact) mass is 264 g/mol. The molecule has 0 spiro atoms. The van der Waals surface area contributed by atoms with Crippen LogP contribution in [0.25, 0.3) is 10.9 Å². The third-order valence-electron chi connectivity index (χ3n) is 3.43. The van der Waals surface area contributed by atoms with Crippen LogP contribution in [0.15, 0.2) is 60.8 Å². The van der Waals surface area contributed by atoms with Gasteiger partial charge in [-0.05, 0) is 17.7 Å². The van der Waals surface area contributed by atoms with Gasteiger partial charge in [0.2, 0.25) is 0 Å². The van der Waals surface area contributed by atoms with Gasteiger partial charge in [0, 0.05) is 25.2 Å². The summed E-state index contributed by atoms with van der Waals surface area (Å²) in [6, 6.07) is 17.8. The smallest absolute Gasteiger partial charge is 0.256 e. The second-order valence-corrected chi connectivity index (χ2v) is 4.89. The van der Waals surface area contributed by atoms with E-state index < -0.39 is 0 Å². The van der Waals surface area contributed by atoms with Gasteiger partial charge in [-0.15, -0.1) is 0 Å². The van der Waals surface area contributed by atoms with Gasteiger partial charge in [0.15, 0.2) is 0 Å². The molecule has 1 N–H and O–H groups in total. The molecule has 0 unspecified atom stereocenters. The Hall–Kier alpha value is -2.55. The molecule has 0 saturated carbocycles. The molecule has 0 radical (unpaired) electrons. The van der Waals surface area contributed by atoms with Gasteiger partial charge in [-0.1, -0.05) is 42.5 Å². The Morgan fingerprint density at radius 1 is 1.05 bits per heavy atom. The largest absolute Gasteiger partial charge is 0.361 e. The molecule has 0 aliphatic carbocycles. The average Bonchev–Trinajstić information content (AvgIpc) is 2.96. The molecule has 3 aromatic rings. The van der Waals surface area contributed by atoms with E-state index in [0.717, 1.165) is 16.5 Å². The second-order valence-electron chi connectivity index (χ2n) is 4.89. The zero-order valence-corrected chi connectivity index (χ0v) is 11.3. The van der Waals surface area contributed by atoms with Crippen LogP contribution in [0, 0.1) is 0 Å². The summed E-state index contributed by atoms with van der Waals surface area (Å²) in [4.78, 5) is 17.4. The number of aromatic nitrogens is 1. The predicted molar refractivity (Wildman–Crippen MR) is 80.5 cm³/mol. The van der Waals surface area contributed by atoms with Gasteiger partial charge in [0.05, 0.1) is 11.1 Å². The fraction of sp³-hybridized carbons (Fsp3) is 0.118. The average molecular weight is 264 g/mol. The topological polar surface area (TPSA) is 36.1 Å². The third kappa shape index (κ3) is 2.30. The van der Waals surface area contributed by atoms with Crippen molar-refractivity contribution in [3.8, 4) is 0 Å². The number of benzene rings is 2. The Kier molecular flexibility index (Phi) is 3.25. The third-order valence-corrected chi connectivity index (χ3v) is 3.43. The summed E-state index contributed by atoms with van der Waals surface area (Å²) in [6.07, 6.45) is 1.86. The van der Waals surface area contributed by atoms with E-state index in [9.17, 15) is 4.79 Å². The van der Waals surface area contributed by atoms with Gasteiger partial charge in [0.1, 0.15) is 0 Å². The Balaban J connectivity index is 1.87. The number of rotatable bonds is 3. The minimum Gasteiger partial charge on any atom is -0.361 e. The lowest BCUT2D eigenvalue weighted by molar-refractivity contribution is 0.0787. The number of nitrogens with one attached hydrogen (secondary N) is 1. The van der Waals surface area contributed by atoms with Crippen molar-refractivity contribution >= 4 is 16.8 Å². The molecular weight excluding hydrogens is 248 g/mol. The molecule has 20 heavy (non-hydrogen) atoms. The molecule has 3 heteroatoms. The Bertz CT molecular complexity index is 731. The molecule has 3 nitrogen and oxygen atoms in total. The molecule has 1 aromatic heterocycles. The van der Waals surface area contributed by atoms with Crippen LogP contribution in [0.4, 0.5) is 0 Å². The minimum absolute atomic E-state index is 0.0295. The number of carbonyl (C=O) groups is 1. The van der Waals surface area contributed by atoms with Gasteiger partial charge < -0.3 is 9.88 Å². The van der Waals surface area contributed by atoms with E-state index in [1.807, 2.05) is 67.8 Å². The lowest BCUT2D eigenvalue weighted by atomic mass is 10.1. The number of H-pyrrole nitrogens is 1. The molecule has 0 fully saturated rings. The number of para-hydroxylation sites is 1. The van der Waals surface area contributed by atoms with E-state index in [4.69, 9.17) is 0 Å². The van der Waals surface area contributed by atoms with Crippen LogP contribution in [0.3, 0.4) is 0 Å². The number of nitrogens with zero attached hydrogens (tertiary/aromatic N) is 1. The number of fused-ring (bicyclic) bond motifs is 1. The van der Waals surface area contributed by atoms with E-state index in [1.165, 1.54) is 0 Å². The number of amides is 1. The summed E-state index contributed by atoms with van der Waals surface area (Å²) in [5.41, 5.74) is 2.74. The molecule has 3 rings (SSSR count). The van der Waals surface area contributed by atoms with Crippen LogP contribution in [0.5, 0.6) is 0 Å². The molecule has 100 valence electrons. The van der Waals surface area contributed by atoms with Gasteiger partial charge >= 0.3 is 0 Å². The van der Waals surface area contributed by atoms with Crippen LogP contribution < -0.4 is 0 Å². The SMILES string of the molecule is CN(Cc1ccccc1)C(=O)c1cccc2cc[nH]c12. The quantitative estimate of drug-likeness (QED) is 0.773. The number of hydrogen-bond acceptors (Lipinski definition) is 1. The van der Waals surface area contributed by atoms with Crippen molar-refractivity contribution in [2.24, 2.45) is 0 Å². The van der Waals surface area contributed by atoms with Crippen molar-refractivity contribution in [1.29, 1.82) is 0 Å². The first kappa shape index (κ1) is 12.5. The highest BCUT2D eigenvalue weighted by molar-refractivity contribution is 6.05. The van der Waals surface area contributed by atoms with E-state index >= 15 is 0 Å². The maximum absolute atomic E-state index is 12.6.